The molecule has 0 aromatic heterocycles. The molecule has 184 valence electrons. The molecule has 1 aliphatic rings. The second kappa shape index (κ2) is 11.7. The standard InChI is InChI=1S/C25H33FN4O4/c1-4-32-19-13-20(22(26)21(14-19)34-18-7-6-12-30(3)15-18)23(25(31)33-5-2)29-17-10-8-16(9-11-17)24(27)28/h8-11,13-14,18,23,29H,4-7,12,15H2,1-3H3,(H3,27,28)/t18-,23?/m1/s1. The Morgan fingerprint density at radius 3 is 2.62 bits per heavy atom. The van der Waals surface area contributed by atoms with Crippen molar-refractivity contribution in [1.29, 1.82) is 5.41 Å². The number of hydrogen-bond acceptors (Lipinski definition) is 7. The average Bonchev–Trinajstić information content (AvgIpc) is 2.80. The molecule has 9 heteroatoms. The number of hydrogen-bond donors (Lipinski definition) is 3. The minimum atomic E-state index is -1.14. The summed E-state index contributed by atoms with van der Waals surface area (Å²) in [5, 5.41) is 10.6. The van der Waals surface area contributed by atoms with Gasteiger partial charge in [-0.3, -0.25) is 5.41 Å². The van der Waals surface area contributed by atoms with Gasteiger partial charge in [0, 0.05) is 29.4 Å². The fraction of sp³-hybridized carbons (Fsp3) is 0.440. The fourth-order valence-electron chi connectivity index (χ4n) is 3.94. The molecule has 0 amide bonds. The molecule has 4 N–H and O–H groups in total. The zero-order chi connectivity index (χ0) is 24.7. The van der Waals surface area contributed by atoms with Crippen LogP contribution in [0.2, 0.25) is 0 Å². The van der Waals surface area contributed by atoms with Crippen molar-refractivity contribution in [2.75, 3.05) is 38.7 Å². The Balaban J connectivity index is 1.98. The molecular formula is C25H33FN4O4. The van der Waals surface area contributed by atoms with Gasteiger partial charge in [-0.2, -0.15) is 0 Å². The molecule has 2 aromatic rings. The number of esters is 1. The number of nitrogens with zero attached hydrogens (tertiary/aromatic N) is 1. The van der Waals surface area contributed by atoms with Crippen molar-refractivity contribution in [3.63, 3.8) is 0 Å². The number of amidine groups is 1. The molecule has 1 unspecified atom stereocenters. The van der Waals surface area contributed by atoms with Gasteiger partial charge >= 0.3 is 5.97 Å². The van der Waals surface area contributed by atoms with Gasteiger partial charge in [-0.15, -0.1) is 0 Å². The van der Waals surface area contributed by atoms with Gasteiger partial charge in [-0.05, 0) is 70.6 Å². The molecule has 8 nitrogen and oxygen atoms in total. The predicted molar refractivity (Wildman–Crippen MR) is 129 cm³/mol. The normalized spacial score (nSPS) is 17.0. The van der Waals surface area contributed by atoms with Crippen molar-refractivity contribution in [1.82, 2.24) is 4.90 Å². The summed E-state index contributed by atoms with van der Waals surface area (Å²) in [7, 11) is 2.01. The van der Waals surface area contributed by atoms with E-state index in [4.69, 9.17) is 25.4 Å². The zero-order valence-electron chi connectivity index (χ0n) is 19.9. The van der Waals surface area contributed by atoms with Crippen LogP contribution in [0.3, 0.4) is 0 Å². The third-order valence-electron chi connectivity index (χ3n) is 5.57. The van der Waals surface area contributed by atoms with Crippen LogP contribution in [0, 0.1) is 11.2 Å². The Hall–Kier alpha value is -3.33. The van der Waals surface area contributed by atoms with Crippen molar-refractivity contribution in [2.45, 2.75) is 38.8 Å². The number of halogens is 1. The number of nitrogens with two attached hydrogens (primary N) is 1. The minimum Gasteiger partial charge on any atom is -0.494 e. The Labute approximate surface area is 199 Å². The number of carbonyl (C=O) groups excluding carboxylic acids is 1. The first kappa shape index (κ1) is 25.3. The molecule has 0 saturated carbocycles. The summed E-state index contributed by atoms with van der Waals surface area (Å²) < 4.78 is 32.7. The van der Waals surface area contributed by atoms with Crippen LogP contribution in [0.4, 0.5) is 10.1 Å². The van der Waals surface area contributed by atoms with E-state index in [0.29, 0.717) is 30.2 Å². The fourth-order valence-corrected chi connectivity index (χ4v) is 3.94. The maximum atomic E-state index is 15.8. The lowest BCUT2D eigenvalue weighted by atomic mass is 10.0. The lowest BCUT2D eigenvalue weighted by Crippen LogP contribution is -2.38. The van der Waals surface area contributed by atoms with Crippen LogP contribution < -0.4 is 20.5 Å². The highest BCUT2D eigenvalue weighted by molar-refractivity contribution is 5.95. The quantitative estimate of drug-likeness (QED) is 0.275. The number of anilines is 1. The van der Waals surface area contributed by atoms with Crippen molar-refractivity contribution in [2.24, 2.45) is 5.73 Å². The van der Waals surface area contributed by atoms with E-state index < -0.39 is 17.8 Å². The zero-order valence-corrected chi connectivity index (χ0v) is 19.9. The van der Waals surface area contributed by atoms with Crippen LogP contribution in [-0.4, -0.2) is 56.2 Å². The Bertz CT molecular complexity index is 999. The SMILES string of the molecule is CCOC(=O)C(Nc1ccc(C(=N)N)cc1)c1cc(OCC)cc(O[C@@H]2CCCN(C)C2)c1F. The molecule has 1 aliphatic heterocycles. The topological polar surface area (TPSA) is 110 Å². The molecule has 2 atom stereocenters. The van der Waals surface area contributed by atoms with Crippen molar-refractivity contribution < 1.29 is 23.4 Å². The van der Waals surface area contributed by atoms with E-state index >= 15 is 4.39 Å². The number of piperidine rings is 1. The van der Waals surface area contributed by atoms with Crippen LogP contribution in [0.1, 0.15) is 43.9 Å². The molecule has 0 aliphatic carbocycles. The minimum absolute atomic E-state index is 0.0456. The Morgan fingerprint density at radius 1 is 1.26 bits per heavy atom. The summed E-state index contributed by atoms with van der Waals surface area (Å²) in [6.07, 6.45) is 1.62. The van der Waals surface area contributed by atoms with Crippen LogP contribution >= 0.6 is 0 Å². The molecule has 0 bridgehead atoms. The van der Waals surface area contributed by atoms with E-state index in [1.807, 2.05) is 14.0 Å². The molecule has 34 heavy (non-hydrogen) atoms. The number of nitrogens with one attached hydrogen (secondary N) is 2. The highest BCUT2D eigenvalue weighted by Crippen LogP contribution is 2.35. The van der Waals surface area contributed by atoms with Crippen molar-refractivity contribution >= 4 is 17.5 Å². The van der Waals surface area contributed by atoms with E-state index in [1.54, 1.807) is 31.2 Å². The summed E-state index contributed by atoms with van der Waals surface area (Å²) in [5.74, 6) is -0.888. The molecule has 1 saturated heterocycles. The van der Waals surface area contributed by atoms with E-state index in [-0.39, 0.29) is 29.9 Å². The second-order valence-electron chi connectivity index (χ2n) is 8.22. The van der Waals surface area contributed by atoms with Crippen molar-refractivity contribution in [3.8, 4) is 11.5 Å². The van der Waals surface area contributed by atoms with E-state index in [9.17, 15) is 4.79 Å². The van der Waals surface area contributed by atoms with Gasteiger partial charge in [-0.1, -0.05) is 0 Å². The summed E-state index contributed by atoms with van der Waals surface area (Å²) in [4.78, 5) is 15.0. The summed E-state index contributed by atoms with van der Waals surface area (Å²) in [5.41, 5.74) is 6.67. The van der Waals surface area contributed by atoms with Crippen LogP contribution in [0.25, 0.3) is 0 Å². The van der Waals surface area contributed by atoms with E-state index in [2.05, 4.69) is 10.2 Å². The smallest absolute Gasteiger partial charge is 0.333 e. The molecule has 0 radical (unpaired) electrons. The van der Waals surface area contributed by atoms with E-state index in [1.165, 1.54) is 12.1 Å². The van der Waals surface area contributed by atoms with Gasteiger partial charge in [0.05, 0.1) is 13.2 Å². The summed E-state index contributed by atoms with van der Waals surface area (Å²) in [6.45, 7) is 5.71. The number of rotatable bonds is 10. The lowest BCUT2D eigenvalue weighted by molar-refractivity contribution is -0.144. The molecule has 1 heterocycles. The third kappa shape index (κ3) is 6.38. The number of nitrogen functional groups attached to an aromatic ring is 1. The van der Waals surface area contributed by atoms with Gasteiger partial charge in [-0.25, -0.2) is 9.18 Å². The number of likely N-dealkylation sites (N-methyl/N-ethyl adjacent to an activating group) is 1. The molecule has 1 fully saturated rings. The van der Waals surface area contributed by atoms with Crippen LogP contribution in [0.5, 0.6) is 11.5 Å². The van der Waals surface area contributed by atoms with Crippen LogP contribution in [0.15, 0.2) is 36.4 Å². The van der Waals surface area contributed by atoms with Gasteiger partial charge in [0.1, 0.15) is 17.7 Å². The molecule has 0 spiro atoms. The maximum absolute atomic E-state index is 15.8. The number of carbonyl (C=O) groups is 1. The predicted octanol–water partition coefficient (Wildman–Crippen LogP) is 3.70. The molecule has 3 rings (SSSR count). The summed E-state index contributed by atoms with van der Waals surface area (Å²) in [6, 6.07) is 8.52. The largest absolute Gasteiger partial charge is 0.494 e. The molecular weight excluding hydrogens is 439 g/mol. The van der Waals surface area contributed by atoms with Gasteiger partial charge in [0.15, 0.2) is 17.6 Å². The van der Waals surface area contributed by atoms with Gasteiger partial charge < -0.3 is 30.2 Å². The number of likely N-dealkylation sites (tertiary alicyclic amines) is 1. The third-order valence-corrected chi connectivity index (χ3v) is 5.57. The highest BCUT2D eigenvalue weighted by Gasteiger charge is 2.29. The number of ether oxygens (including phenoxy) is 3. The monoisotopic (exact) mass is 472 g/mol. The molecule has 2 aromatic carbocycles. The number of benzene rings is 2. The lowest BCUT2D eigenvalue weighted by Gasteiger charge is -2.30. The average molecular weight is 473 g/mol. The first-order valence-electron chi connectivity index (χ1n) is 11.5. The van der Waals surface area contributed by atoms with Gasteiger partial charge in [0.2, 0.25) is 0 Å². The highest BCUT2D eigenvalue weighted by atomic mass is 19.1. The van der Waals surface area contributed by atoms with Gasteiger partial charge in [0.25, 0.3) is 0 Å². The summed E-state index contributed by atoms with van der Waals surface area (Å²) >= 11 is 0. The second-order valence-corrected chi connectivity index (χ2v) is 8.22. The first-order chi connectivity index (χ1) is 16.3. The Morgan fingerprint density at radius 2 is 2.00 bits per heavy atom. The van der Waals surface area contributed by atoms with E-state index in [0.717, 1.165) is 19.4 Å². The first-order valence-corrected chi connectivity index (χ1v) is 11.5. The van der Waals surface area contributed by atoms with Crippen molar-refractivity contribution in [3.05, 3.63) is 53.3 Å². The maximum Gasteiger partial charge on any atom is 0.333 e. The Kier molecular flexibility index (Phi) is 8.70. The van der Waals surface area contributed by atoms with Crippen LogP contribution in [-0.2, 0) is 9.53 Å².